The molecule has 0 fully saturated rings. The first-order valence-corrected chi connectivity index (χ1v) is 5.99. The van der Waals surface area contributed by atoms with Gasteiger partial charge in [0, 0.05) is 11.8 Å². The summed E-state index contributed by atoms with van der Waals surface area (Å²) in [7, 11) is 0. The summed E-state index contributed by atoms with van der Waals surface area (Å²) in [5.41, 5.74) is 3.18. The fourth-order valence-corrected chi connectivity index (χ4v) is 1.85. The third kappa shape index (κ3) is 2.74. The molecule has 0 aliphatic heterocycles. The standard InChI is InChI=1S/C15H15NO2/c1-2-3-11-4-6-12(7-5-11)14-10-13(15(17)18)8-9-16-14/h4-10H,2-3H2,1H3,(H,17,18). The normalized spacial score (nSPS) is 10.3. The van der Waals surface area contributed by atoms with Gasteiger partial charge in [0.25, 0.3) is 0 Å². The zero-order valence-electron chi connectivity index (χ0n) is 10.3. The molecule has 0 saturated carbocycles. The van der Waals surface area contributed by atoms with Crippen LogP contribution in [-0.2, 0) is 6.42 Å². The molecule has 0 atom stereocenters. The van der Waals surface area contributed by atoms with Crippen molar-refractivity contribution in [3.8, 4) is 11.3 Å². The summed E-state index contributed by atoms with van der Waals surface area (Å²) in [5, 5.41) is 8.94. The average molecular weight is 241 g/mol. The lowest BCUT2D eigenvalue weighted by Crippen LogP contribution is -1.97. The van der Waals surface area contributed by atoms with E-state index in [1.54, 1.807) is 6.07 Å². The van der Waals surface area contributed by atoms with Gasteiger partial charge in [0.2, 0.25) is 0 Å². The third-order valence-electron chi connectivity index (χ3n) is 2.80. The molecule has 1 aromatic heterocycles. The molecule has 3 heteroatoms. The predicted octanol–water partition coefficient (Wildman–Crippen LogP) is 3.40. The van der Waals surface area contributed by atoms with Crippen molar-refractivity contribution < 1.29 is 9.90 Å². The van der Waals surface area contributed by atoms with Gasteiger partial charge in [0.1, 0.15) is 0 Å². The minimum atomic E-state index is -0.929. The maximum Gasteiger partial charge on any atom is 0.335 e. The maximum atomic E-state index is 10.9. The van der Waals surface area contributed by atoms with E-state index in [1.807, 2.05) is 12.1 Å². The number of nitrogens with zero attached hydrogens (tertiary/aromatic N) is 1. The molecule has 0 aliphatic carbocycles. The Morgan fingerprint density at radius 3 is 2.56 bits per heavy atom. The SMILES string of the molecule is CCCc1ccc(-c2cc(C(=O)O)ccn2)cc1. The van der Waals surface area contributed by atoms with E-state index in [-0.39, 0.29) is 5.56 Å². The average Bonchev–Trinajstić information content (AvgIpc) is 2.40. The van der Waals surface area contributed by atoms with E-state index in [2.05, 4.69) is 24.0 Å². The number of carboxylic acid groups (broad SMARTS) is 1. The van der Waals surface area contributed by atoms with Gasteiger partial charge >= 0.3 is 5.97 Å². The molecule has 0 unspecified atom stereocenters. The van der Waals surface area contributed by atoms with Crippen LogP contribution in [0, 0.1) is 0 Å². The van der Waals surface area contributed by atoms with Crippen LogP contribution < -0.4 is 0 Å². The molecule has 0 radical (unpaired) electrons. The molecule has 3 nitrogen and oxygen atoms in total. The minimum absolute atomic E-state index is 0.262. The van der Waals surface area contributed by atoms with E-state index >= 15 is 0 Å². The molecular formula is C15H15NO2. The number of benzene rings is 1. The van der Waals surface area contributed by atoms with Gasteiger partial charge in [0.05, 0.1) is 11.3 Å². The number of pyridine rings is 1. The number of hydrogen-bond donors (Lipinski definition) is 1. The Bertz CT molecular complexity index is 547. The van der Waals surface area contributed by atoms with Crippen molar-refractivity contribution in [1.82, 2.24) is 4.98 Å². The predicted molar refractivity (Wildman–Crippen MR) is 70.6 cm³/mol. The summed E-state index contributed by atoms with van der Waals surface area (Å²) in [6.45, 7) is 2.14. The Kier molecular flexibility index (Phi) is 3.72. The molecule has 0 saturated heterocycles. The van der Waals surface area contributed by atoms with Gasteiger partial charge < -0.3 is 5.11 Å². The monoisotopic (exact) mass is 241 g/mol. The molecule has 2 rings (SSSR count). The molecule has 0 bridgehead atoms. The first-order chi connectivity index (χ1) is 8.70. The molecule has 1 heterocycles. The highest BCUT2D eigenvalue weighted by Crippen LogP contribution is 2.19. The van der Waals surface area contributed by atoms with Gasteiger partial charge in [-0.25, -0.2) is 4.79 Å². The Morgan fingerprint density at radius 1 is 1.22 bits per heavy atom. The van der Waals surface area contributed by atoms with E-state index in [4.69, 9.17) is 5.11 Å². The number of aromatic carboxylic acids is 1. The van der Waals surface area contributed by atoms with Gasteiger partial charge in [-0.15, -0.1) is 0 Å². The van der Waals surface area contributed by atoms with Gasteiger partial charge in [-0.05, 0) is 24.1 Å². The van der Waals surface area contributed by atoms with E-state index in [9.17, 15) is 4.79 Å². The largest absolute Gasteiger partial charge is 0.478 e. The fourth-order valence-electron chi connectivity index (χ4n) is 1.85. The number of rotatable bonds is 4. The van der Waals surface area contributed by atoms with Crippen LogP contribution >= 0.6 is 0 Å². The van der Waals surface area contributed by atoms with Crippen molar-refractivity contribution in [3.63, 3.8) is 0 Å². The van der Waals surface area contributed by atoms with E-state index in [0.717, 1.165) is 18.4 Å². The van der Waals surface area contributed by atoms with Gasteiger partial charge in [-0.2, -0.15) is 0 Å². The number of aromatic nitrogens is 1. The van der Waals surface area contributed by atoms with E-state index < -0.39 is 5.97 Å². The first kappa shape index (κ1) is 12.3. The second-order valence-corrected chi connectivity index (χ2v) is 4.18. The van der Waals surface area contributed by atoms with E-state index in [0.29, 0.717) is 5.69 Å². The Hall–Kier alpha value is -2.16. The number of hydrogen-bond acceptors (Lipinski definition) is 2. The molecule has 0 aliphatic rings. The summed E-state index contributed by atoms with van der Waals surface area (Å²) in [4.78, 5) is 15.1. The zero-order valence-corrected chi connectivity index (χ0v) is 10.3. The molecule has 0 spiro atoms. The lowest BCUT2D eigenvalue weighted by Gasteiger charge is -2.04. The summed E-state index contributed by atoms with van der Waals surface area (Å²) in [6.07, 6.45) is 3.70. The lowest BCUT2D eigenvalue weighted by atomic mass is 10.0. The molecule has 18 heavy (non-hydrogen) atoms. The quantitative estimate of drug-likeness (QED) is 0.892. The van der Waals surface area contributed by atoms with Gasteiger partial charge in [-0.3, -0.25) is 4.98 Å². The van der Waals surface area contributed by atoms with Crippen molar-refractivity contribution in [3.05, 3.63) is 53.7 Å². The van der Waals surface area contributed by atoms with Crippen LogP contribution in [0.3, 0.4) is 0 Å². The van der Waals surface area contributed by atoms with Crippen molar-refractivity contribution in [1.29, 1.82) is 0 Å². The number of aryl methyl sites for hydroxylation is 1. The molecule has 1 N–H and O–H groups in total. The summed E-state index contributed by atoms with van der Waals surface area (Å²) < 4.78 is 0. The molecular weight excluding hydrogens is 226 g/mol. The highest BCUT2D eigenvalue weighted by molar-refractivity contribution is 5.88. The summed E-state index contributed by atoms with van der Waals surface area (Å²) in [5.74, 6) is -0.929. The topological polar surface area (TPSA) is 50.2 Å². The van der Waals surface area contributed by atoms with Crippen molar-refractivity contribution in [2.24, 2.45) is 0 Å². The van der Waals surface area contributed by atoms with Gasteiger partial charge in [0.15, 0.2) is 0 Å². The smallest absolute Gasteiger partial charge is 0.335 e. The van der Waals surface area contributed by atoms with Gasteiger partial charge in [-0.1, -0.05) is 37.6 Å². The van der Waals surface area contributed by atoms with Crippen LogP contribution in [0.1, 0.15) is 29.3 Å². The van der Waals surface area contributed by atoms with Crippen molar-refractivity contribution >= 4 is 5.97 Å². The Morgan fingerprint density at radius 2 is 1.94 bits per heavy atom. The third-order valence-corrected chi connectivity index (χ3v) is 2.80. The van der Waals surface area contributed by atoms with Crippen molar-refractivity contribution in [2.75, 3.05) is 0 Å². The van der Waals surface area contributed by atoms with Crippen LogP contribution in [0.4, 0.5) is 0 Å². The van der Waals surface area contributed by atoms with Crippen LogP contribution in [-0.4, -0.2) is 16.1 Å². The summed E-state index contributed by atoms with van der Waals surface area (Å²) in [6, 6.07) is 11.2. The number of carboxylic acids is 1. The zero-order chi connectivity index (χ0) is 13.0. The van der Waals surface area contributed by atoms with Crippen LogP contribution in [0.25, 0.3) is 11.3 Å². The highest BCUT2D eigenvalue weighted by Gasteiger charge is 2.05. The van der Waals surface area contributed by atoms with Crippen molar-refractivity contribution in [2.45, 2.75) is 19.8 Å². The molecule has 1 aromatic carbocycles. The van der Waals surface area contributed by atoms with Crippen LogP contribution in [0.15, 0.2) is 42.6 Å². The van der Waals surface area contributed by atoms with Crippen LogP contribution in [0.5, 0.6) is 0 Å². The lowest BCUT2D eigenvalue weighted by molar-refractivity contribution is 0.0697. The summed E-state index contributed by atoms with van der Waals surface area (Å²) >= 11 is 0. The second kappa shape index (κ2) is 5.45. The molecule has 2 aromatic rings. The minimum Gasteiger partial charge on any atom is -0.478 e. The first-order valence-electron chi connectivity index (χ1n) is 5.99. The second-order valence-electron chi connectivity index (χ2n) is 4.18. The molecule has 0 amide bonds. The number of carbonyl (C=O) groups is 1. The maximum absolute atomic E-state index is 10.9. The highest BCUT2D eigenvalue weighted by atomic mass is 16.4. The fraction of sp³-hybridized carbons (Fsp3) is 0.200. The Balaban J connectivity index is 2.30. The molecule has 92 valence electrons. The van der Waals surface area contributed by atoms with E-state index in [1.165, 1.54) is 17.8 Å². The Labute approximate surface area is 106 Å². The van der Waals surface area contributed by atoms with Crippen LogP contribution in [0.2, 0.25) is 0 Å².